The van der Waals surface area contributed by atoms with E-state index in [0.717, 1.165) is 11.1 Å². The molecule has 0 unspecified atom stereocenters. The highest BCUT2D eigenvalue weighted by molar-refractivity contribution is 6.35. The summed E-state index contributed by atoms with van der Waals surface area (Å²) in [5.74, 6) is -1.60. The number of urea groups is 1. The number of nitrogens with two attached hydrogens (primary N) is 1. The van der Waals surface area contributed by atoms with Crippen molar-refractivity contribution in [2.24, 2.45) is 5.73 Å². The molecule has 1 aliphatic heterocycles. The summed E-state index contributed by atoms with van der Waals surface area (Å²) >= 11 is 12.7. The van der Waals surface area contributed by atoms with E-state index in [1.54, 1.807) is 54.3 Å². The molecule has 0 saturated carbocycles. The lowest BCUT2D eigenvalue weighted by Gasteiger charge is -2.30. The maximum atomic E-state index is 13.4. The van der Waals surface area contributed by atoms with Gasteiger partial charge in [-0.15, -0.1) is 0 Å². The predicted molar refractivity (Wildman–Crippen MR) is 151 cm³/mol. The molecule has 1 atom stereocenters. The number of primary amides is 1. The molecule has 11 heteroatoms. The van der Waals surface area contributed by atoms with Crippen LogP contribution in [-0.4, -0.2) is 47.8 Å². The van der Waals surface area contributed by atoms with Gasteiger partial charge in [-0.3, -0.25) is 9.59 Å². The number of esters is 1. The number of carbonyl (C=O) groups excluding carboxylic acids is 4. The second kappa shape index (κ2) is 12.8. The molecular weight excluding hydrogens is 555 g/mol. The van der Waals surface area contributed by atoms with E-state index in [0.29, 0.717) is 41.2 Å². The Hall–Kier alpha value is -4.08. The van der Waals surface area contributed by atoms with E-state index in [1.165, 1.54) is 0 Å². The lowest BCUT2D eigenvalue weighted by atomic mass is 9.92. The number of ether oxygens (including phenoxy) is 1. The van der Waals surface area contributed by atoms with Crippen molar-refractivity contribution in [1.29, 1.82) is 0 Å². The Labute approximate surface area is 241 Å². The average molecular weight is 583 g/mol. The molecule has 4 amide bonds. The third kappa shape index (κ3) is 6.91. The second-order valence-corrected chi connectivity index (χ2v) is 10.2. The number of fused-ring (bicyclic) bond motifs is 1. The van der Waals surface area contributed by atoms with Gasteiger partial charge in [0.15, 0.2) is 0 Å². The van der Waals surface area contributed by atoms with Crippen LogP contribution in [0.15, 0.2) is 60.7 Å². The molecule has 4 N–H and O–H groups in total. The first-order valence-electron chi connectivity index (χ1n) is 12.5. The Bertz CT molecular complexity index is 1430. The summed E-state index contributed by atoms with van der Waals surface area (Å²) in [6.07, 6.45) is 0.444. The van der Waals surface area contributed by atoms with Crippen LogP contribution in [0.4, 0.5) is 4.79 Å². The maximum absolute atomic E-state index is 13.4. The number of nitrogens with zero attached hydrogens (tertiary/aromatic N) is 1. The summed E-state index contributed by atoms with van der Waals surface area (Å²) in [6.45, 7) is 2.18. The highest BCUT2D eigenvalue weighted by Crippen LogP contribution is 2.32. The Balaban J connectivity index is 1.51. The molecule has 0 aliphatic carbocycles. The maximum Gasteiger partial charge on any atom is 0.330 e. The zero-order valence-electron chi connectivity index (χ0n) is 21.7. The Morgan fingerprint density at radius 2 is 1.75 bits per heavy atom. The topological polar surface area (TPSA) is 131 Å². The third-order valence-corrected chi connectivity index (χ3v) is 7.19. The standard InChI is InChI=1S/C29H28Cl2N4O5/c1-17-13-22-21(11-12-35(27(22)37)15-18-7-9-20(30)10-8-18)25(31)24(17)26(36)34-23(14-33-29(32)39)28(38)40-16-19-5-3-2-4-6-19/h2-10,13,23H,11-12,14-16H2,1H3,(H,34,36)(H3,32,33,39)/t23-/m0/s1. The van der Waals surface area contributed by atoms with Crippen molar-refractivity contribution in [2.75, 3.05) is 13.1 Å². The number of rotatable bonds is 9. The van der Waals surface area contributed by atoms with Gasteiger partial charge in [0.05, 0.1) is 17.1 Å². The second-order valence-electron chi connectivity index (χ2n) is 9.38. The summed E-state index contributed by atoms with van der Waals surface area (Å²) < 4.78 is 5.36. The van der Waals surface area contributed by atoms with Gasteiger partial charge in [-0.1, -0.05) is 65.7 Å². The number of aryl methyl sites for hydroxylation is 1. The smallest absolute Gasteiger partial charge is 0.330 e. The Morgan fingerprint density at radius 1 is 1.05 bits per heavy atom. The van der Waals surface area contributed by atoms with Gasteiger partial charge in [0.25, 0.3) is 11.8 Å². The van der Waals surface area contributed by atoms with Crippen molar-refractivity contribution < 1.29 is 23.9 Å². The van der Waals surface area contributed by atoms with Crippen molar-refractivity contribution >= 4 is 47.0 Å². The number of hydrogen-bond acceptors (Lipinski definition) is 5. The van der Waals surface area contributed by atoms with Gasteiger partial charge in [-0.05, 0) is 53.8 Å². The molecule has 3 aromatic rings. The number of hydrogen-bond donors (Lipinski definition) is 3. The van der Waals surface area contributed by atoms with Crippen LogP contribution in [0.5, 0.6) is 0 Å². The van der Waals surface area contributed by atoms with Crippen LogP contribution in [0, 0.1) is 6.92 Å². The van der Waals surface area contributed by atoms with Crippen LogP contribution in [0.1, 0.15) is 43.0 Å². The number of benzene rings is 3. The Morgan fingerprint density at radius 3 is 2.42 bits per heavy atom. The number of amides is 4. The van der Waals surface area contributed by atoms with Crippen molar-refractivity contribution in [3.8, 4) is 0 Å². The van der Waals surface area contributed by atoms with Crippen molar-refractivity contribution in [2.45, 2.75) is 32.5 Å². The molecule has 1 aliphatic rings. The van der Waals surface area contributed by atoms with E-state index in [1.807, 2.05) is 18.2 Å². The predicted octanol–water partition coefficient (Wildman–Crippen LogP) is 4.01. The van der Waals surface area contributed by atoms with Crippen molar-refractivity contribution in [1.82, 2.24) is 15.5 Å². The molecule has 0 bridgehead atoms. The zero-order chi connectivity index (χ0) is 28.8. The molecule has 0 saturated heterocycles. The molecule has 0 spiro atoms. The zero-order valence-corrected chi connectivity index (χ0v) is 23.2. The van der Waals surface area contributed by atoms with Gasteiger partial charge in [0.1, 0.15) is 12.6 Å². The van der Waals surface area contributed by atoms with Crippen molar-refractivity contribution in [3.05, 3.63) is 104 Å². The van der Waals surface area contributed by atoms with E-state index in [4.69, 9.17) is 33.7 Å². The largest absolute Gasteiger partial charge is 0.459 e. The van der Waals surface area contributed by atoms with E-state index >= 15 is 0 Å². The molecule has 208 valence electrons. The summed E-state index contributed by atoms with van der Waals surface area (Å²) in [5.41, 5.74) is 8.46. The Kier molecular flexibility index (Phi) is 9.29. The van der Waals surface area contributed by atoms with Gasteiger partial charge >= 0.3 is 12.0 Å². The van der Waals surface area contributed by atoms with Gasteiger partial charge < -0.3 is 26.0 Å². The average Bonchev–Trinajstić information content (AvgIpc) is 2.93. The monoisotopic (exact) mass is 582 g/mol. The molecule has 1 heterocycles. The highest BCUT2D eigenvalue weighted by atomic mass is 35.5. The molecule has 0 fully saturated rings. The lowest BCUT2D eigenvalue weighted by Crippen LogP contribution is -2.50. The first-order valence-corrected chi connectivity index (χ1v) is 13.3. The third-order valence-electron chi connectivity index (χ3n) is 6.52. The van der Waals surface area contributed by atoms with E-state index < -0.39 is 23.9 Å². The highest BCUT2D eigenvalue weighted by Gasteiger charge is 2.31. The number of carbonyl (C=O) groups is 4. The van der Waals surface area contributed by atoms with Gasteiger partial charge in [0.2, 0.25) is 0 Å². The van der Waals surface area contributed by atoms with E-state index in [-0.39, 0.29) is 29.6 Å². The first kappa shape index (κ1) is 28.9. The molecule has 9 nitrogen and oxygen atoms in total. The summed E-state index contributed by atoms with van der Waals surface area (Å²) in [4.78, 5) is 52.5. The SMILES string of the molecule is Cc1cc2c(c(Cl)c1C(=O)N[C@@H](CNC(N)=O)C(=O)OCc1ccccc1)CCN(Cc1ccc(Cl)cc1)C2=O. The molecular formula is C29H28Cl2N4O5. The molecule has 0 radical (unpaired) electrons. The van der Waals surface area contributed by atoms with Crippen LogP contribution in [-0.2, 0) is 29.1 Å². The lowest BCUT2D eigenvalue weighted by molar-refractivity contribution is -0.147. The van der Waals surface area contributed by atoms with Crippen LogP contribution in [0.2, 0.25) is 10.0 Å². The van der Waals surface area contributed by atoms with E-state index in [2.05, 4.69) is 10.6 Å². The molecule has 0 aromatic heterocycles. The first-order chi connectivity index (χ1) is 19.1. The van der Waals surface area contributed by atoms with Crippen LogP contribution in [0.25, 0.3) is 0 Å². The molecule has 40 heavy (non-hydrogen) atoms. The van der Waals surface area contributed by atoms with E-state index in [9.17, 15) is 19.2 Å². The number of halogens is 2. The summed E-state index contributed by atoms with van der Waals surface area (Å²) in [6, 6.07) is 15.8. The fourth-order valence-electron chi connectivity index (χ4n) is 4.47. The minimum absolute atomic E-state index is 0.0180. The van der Waals surface area contributed by atoms with Crippen LogP contribution >= 0.6 is 23.2 Å². The van der Waals surface area contributed by atoms with Gasteiger partial charge in [0, 0.05) is 23.7 Å². The minimum Gasteiger partial charge on any atom is -0.459 e. The van der Waals surface area contributed by atoms with Gasteiger partial charge in [-0.25, -0.2) is 9.59 Å². The van der Waals surface area contributed by atoms with Crippen LogP contribution < -0.4 is 16.4 Å². The van der Waals surface area contributed by atoms with Gasteiger partial charge in [-0.2, -0.15) is 0 Å². The van der Waals surface area contributed by atoms with Crippen LogP contribution in [0.3, 0.4) is 0 Å². The number of nitrogens with one attached hydrogen (secondary N) is 2. The summed E-state index contributed by atoms with van der Waals surface area (Å²) in [5, 5.41) is 5.68. The minimum atomic E-state index is -1.23. The summed E-state index contributed by atoms with van der Waals surface area (Å²) in [7, 11) is 0. The quantitative estimate of drug-likeness (QED) is 0.328. The van der Waals surface area contributed by atoms with Crippen molar-refractivity contribution in [3.63, 3.8) is 0 Å². The fraction of sp³-hybridized carbons (Fsp3) is 0.241. The molecule has 4 rings (SSSR count). The normalized spacial score (nSPS) is 13.3. The fourth-order valence-corrected chi connectivity index (χ4v) is 5.02. The molecule has 3 aromatic carbocycles.